The molecular formula is C21H21N3O3. The van der Waals surface area contributed by atoms with Crippen LogP contribution < -0.4 is 10.2 Å². The summed E-state index contributed by atoms with van der Waals surface area (Å²) in [7, 11) is 0. The number of carbonyl (C=O) groups excluding carboxylic acids is 3. The predicted octanol–water partition coefficient (Wildman–Crippen LogP) is 2.57. The van der Waals surface area contributed by atoms with Crippen LogP contribution in [0.3, 0.4) is 0 Å². The molecule has 3 amide bonds. The quantitative estimate of drug-likeness (QED) is 0.908. The SMILES string of the molecule is CC(C)CNC(=O)CN1C(=O)c2ccccc2N2C(=O)c3ccccc3C12. The molecule has 0 aromatic heterocycles. The molecule has 2 aromatic carbocycles. The molecule has 0 fully saturated rings. The van der Waals surface area contributed by atoms with Crippen molar-refractivity contribution in [3.05, 3.63) is 65.2 Å². The highest BCUT2D eigenvalue weighted by molar-refractivity contribution is 6.17. The molecule has 138 valence electrons. The number of amides is 3. The lowest BCUT2D eigenvalue weighted by Crippen LogP contribution is -2.51. The van der Waals surface area contributed by atoms with Crippen LogP contribution in [-0.4, -0.2) is 35.7 Å². The molecular weight excluding hydrogens is 342 g/mol. The summed E-state index contributed by atoms with van der Waals surface area (Å²) < 4.78 is 0. The number of para-hydroxylation sites is 1. The van der Waals surface area contributed by atoms with Gasteiger partial charge in [0.2, 0.25) is 5.91 Å². The summed E-state index contributed by atoms with van der Waals surface area (Å²) in [6, 6.07) is 14.3. The average molecular weight is 363 g/mol. The molecule has 2 heterocycles. The second kappa shape index (κ2) is 6.54. The zero-order valence-corrected chi connectivity index (χ0v) is 15.3. The first-order chi connectivity index (χ1) is 13.0. The number of hydrogen-bond acceptors (Lipinski definition) is 3. The summed E-state index contributed by atoms with van der Waals surface area (Å²) in [5.74, 6) is -0.301. The Morgan fingerprint density at radius 3 is 2.41 bits per heavy atom. The van der Waals surface area contributed by atoms with Crippen molar-refractivity contribution in [3.63, 3.8) is 0 Å². The van der Waals surface area contributed by atoms with Gasteiger partial charge in [-0.05, 0) is 24.1 Å². The zero-order chi connectivity index (χ0) is 19.1. The first-order valence-corrected chi connectivity index (χ1v) is 9.08. The summed E-state index contributed by atoms with van der Waals surface area (Å²) >= 11 is 0. The third-order valence-electron chi connectivity index (χ3n) is 4.90. The van der Waals surface area contributed by atoms with Crippen LogP contribution in [0.4, 0.5) is 5.69 Å². The molecule has 1 N–H and O–H groups in total. The predicted molar refractivity (Wildman–Crippen MR) is 101 cm³/mol. The van der Waals surface area contributed by atoms with Gasteiger partial charge in [-0.1, -0.05) is 44.2 Å². The van der Waals surface area contributed by atoms with Crippen molar-refractivity contribution >= 4 is 23.4 Å². The van der Waals surface area contributed by atoms with E-state index in [9.17, 15) is 14.4 Å². The molecule has 4 rings (SSSR count). The fourth-order valence-electron chi connectivity index (χ4n) is 3.66. The minimum absolute atomic E-state index is 0.0946. The van der Waals surface area contributed by atoms with Crippen molar-refractivity contribution in [1.29, 1.82) is 0 Å². The summed E-state index contributed by atoms with van der Waals surface area (Å²) in [6.07, 6.45) is -0.596. The van der Waals surface area contributed by atoms with E-state index >= 15 is 0 Å². The van der Waals surface area contributed by atoms with Crippen LogP contribution in [0.15, 0.2) is 48.5 Å². The number of nitrogens with zero attached hydrogens (tertiary/aromatic N) is 2. The standard InChI is InChI=1S/C21H21N3O3/c1-13(2)11-22-18(25)12-23-19-14-7-3-4-8-15(14)21(27)24(19)17-10-6-5-9-16(17)20(23)26/h3-10,13,19H,11-12H2,1-2H3,(H,22,25). The van der Waals surface area contributed by atoms with Gasteiger partial charge >= 0.3 is 0 Å². The van der Waals surface area contributed by atoms with Crippen LogP contribution in [0, 0.1) is 5.92 Å². The van der Waals surface area contributed by atoms with Crippen molar-refractivity contribution in [3.8, 4) is 0 Å². The van der Waals surface area contributed by atoms with Gasteiger partial charge in [0, 0.05) is 17.7 Å². The maximum absolute atomic E-state index is 13.2. The van der Waals surface area contributed by atoms with E-state index in [2.05, 4.69) is 5.32 Å². The van der Waals surface area contributed by atoms with E-state index in [-0.39, 0.29) is 24.3 Å². The van der Waals surface area contributed by atoms with E-state index in [1.54, 1.807) is 29.2 Å². The Labute approximate surface area is 157 Å². The number of fused-ring (bicyclic) bond motifs is 5. The maximum Gasteiger partial charge on any atom is 0.260 e. The maximum atomic E-state index is 13.2. The summed E-state index contributed by atoms with van der Waals surface area (Å²) in [5, 5.41) is 2.85. The number of hydrogen-bond donors (Lipinski definition) is 1. The number of carbonyl (C=O) groups is 3. The number of anilines is 1. The first kappa shape index (κ1) is 17.3. The highest BCUT2D eigenvalue weighted by Gasteiger charge is 2.47. The molecule has 2 aliphatic rings. The van der Waals surface area contributed by atoms with Crippen LogP contribution >= 0.6 is 0 Å². The van der Waals surface area contributed by atoms with E-state index in [1.807, 2.05) is 38.1 Å². The normalized spacial score (nSPS) is 17.7. The van der Waals surface area contributed by atoms with Gasteiger partial charge < -0.3 is 10.2 Å². The minimum Gasteiger partial charge on any atom is -0.354 e. The van der Waals surface area contributed by atoms with Gasteiger partial charge in [-0.3, -0.25) is 19.3 Å². The van der Waals surface area contributed by atoms with Gasteiger partial charge in [0.1, 0.15) is 12.7 Å². The van der Waals surface area contributed by atoms with Crippen molar-refractivity contribution in [1.82, 2.24) is 10.2 Å². The van der Waals surface area contributed by atoms with E-state index in [1.165, 1.54) is 4.90 Å². The fourth-order valence-corrected chi connectivity index (χ4v) is 3.66. The smallest absolute Gasteiger partial charge is 0.260 e. The van der Waals surface area contributed by atoms with Gasteiger partial charge in [-0.25, -0.2) is 0 Å². The Kier molecular flexibility index (Phi) is 4.18. The molecule has 6 nitrogen and oxygen atoms in total. The van der Waals surface area contributed by atoms with Crippen molar-refractivity contribution in [2.45, 2.75) is 20.0 Å². The molecule has 0 spiro atoms. The highest BCUT2D eigenvalue weighted by atomic mass is 16.2. The molecule has 0 bridgehead atoms. The van der Waals surface area contributed by atoms with Crippen molar-refractivity contribution in [2.24, 2.45) is 5.92 Å². The van der Waals surface area contributed by atoms with Gasteiger partial charge in [-0.2, -0.15) is 0 Å². The van der Waals surface area contributed by atoms with E-state index in [0.29, 0.717) is 29.3 Å². The Hall–Kier alpha value is -3.15. The van der Waals surface area contributed by atoms with Crippen LogP contribution in [0.5, 0.6) is 0 Å². The monoisotopic (exact) mass is 363 g/mol. The molecule has 1 unspecified atom stereocenters. The molecule has 2 aliphatic heterocycles. The molecule has 1 atom stereocenters. The number of nitrogens with one attached hydrogen (secondary N) is 1. The van der Waals surface area contributed by atoms with Crippen LogP contribution in [-0.2, 0) is 4.79 Å². The molecule has 2 aromatic rings. The van der Waals surface area contributed by atoms with Crippen LogP contribution in [0.25, 0.3) is 0 Å². The molecule has 0 saturated heterocycles. The Bertz CT molecular complexity index is 938. The van der Waals surface area contributed by atoms with Crippen molar-refractivity contribution < 1.29 is 14.4 Å². The third kappa shape index (κ3) is 2.77. The van der Waals surface area contributed by atoms with Gasteiger partial charge in [0.15, 0.2) is 0 Å². The summed E-state index contributed by atoms with van der Waals surface area (Å²) in [5.41, 5.74) is 2.35. The topological polar surface area (TPSA) is 69.7 Å². The largest absolute Gasteiger partial charge is 0.354 e. The molecule has 0 saturated carbocycles. The van der Waals surface area contributed by atoms with Crippen LogP contribution in [0.2, 0.25) is 0 Å². The van der Waals surface area contributed by atoms with Crippen LogP contribution in [0.1, 0.15) is 46.3 Å². The van der Waals surface area contributed by atoms with E-state index in [0.717, 1.165) is 5.56 Å². The lowest BCUT2D eigenvalue weighted by Gasteiger charge is -2.40. The van der Waals surface area contributed by atoms with Crippen molar-refractivity contribution in [2.75, 3.05) is 18.0 Å². The Morgan fingerprint density at radius 1 is 1.00 bits per heavy atom. The summed E-state index contributed by atoms with van der Waals surface area (Å²) in [6.45, 7) is 4.47. The summed E-state index contributed by atoms with van der Waals surface area (Å²) in [4.78, 5) is 41.7. The Morgan fingerprint density at radius 2 is 1.67 bits per heavy atom. The third-order valence-corrected chi connectivity index (χ3v) is 4.90. The molecule has 27 heavy (non-hydrogen) atoms. The van der Waals surface area contributed by atoms with Gasteiger partial charge in [0.25, 0.3) is 11.8 Å². The molecule has 0 aliphatic carbocycles. The molecule has 6 heteroatoms. The van der Waals surface area contributed by atoms with E-state index < -0.39 is 6.17 Å². The molecule has 0 radical (unpaired) electrons. The first-order valence-electron chi connectivity index (χ1n) is 9.08. The minimum atomic E-state index is -0.596. The fraction of sp³-hybridized carbons (Fsp3) is 0.286. The number of benzene rings is 2. The lowest BCUT2D eigenvalue weighted by molar-refractivity contribution is -0.122. The zero-order valence-electron chi connectivity index (χ0n) is 15.3. The van der Waals surface area contributed by atoms with Gasteiger partial charge in [0.05, 0.1) is 11.3 Å². The second-order valence-corrected chi connectivity index (χ2v) is 7.28. The second-order valence-electron chi connectivity index (χ2n) is 7.28. The Balaban J connectivity index is 1.76. The van der Waals surface area contributed by atoms with E-state index in [4.69, 9.17) is 0 Å². The highest BCUT2D eigenvalue weighted by Crippen LogP contribution is 2.44. The lowest BCUT2D eigenvalue weighted by atomic mass is 10.0. The average Bonchev–Trinajstić information content (AvgIpc) is 2.97. The number of rotatable bonds is 4. The van der Waals surface area contributed by atoms with Gasteiger partial charge in [-0.15, -0.1) is 0 Å².